The van der Waals surface area contributed by atoms with Crippen molar-refractivity contribution in [1.29, 1.82) is 0 Å². The monoisotopic (exact) mass is 253 g/mol. The Labute approximate surface area is 104 Å². The van der Waals surface area contributed by atoms with Gasteiger partial charge < -0.3 is 0 Å². The number of thioether (sulfide) groups is 1. The minimum absolute atomic E-state index is 0.914. The van der Waals surface area contributed by atoms with Gasteiger partial charge in [0.15, 0.2) is 0 Å². The van der Waals surface area contributed by atoms with Crippen molar-refractivity contribution in [3.8, 4) is 0 Å². The molecule has 86 valence electrons. The van der Waals surface area contributed by atoms with Crippen LogP contribution in [0.25, 0.3) is 10.2 Å². The Bertz CT molecular complexity index is 491. The average molecular weight is 253 g/mol. The Kier molecular flexibility index (Phi) is 3.71. The SMILES string of the molecule is CCc1ccc2c(c1)sc(N)[n+]2CCSC. The minimum Gasteiger partial charge on any atom is -0.278 e. The Morgan fingerprint density at radius 1 is 1.44 bits per heavy atom. The van der Waals surface area contributed by atoms with Crippen molar-refractivity contribution in [2.45, 2.75) is 19.9 Å². The van der Waals surface area contributed by atoms with Crippen molar-refractivity contribution >= 4 is 38.4 Å². The Morgan fingerprint density at radius 2 is 2.25 bits per heavy atom. The number of fused-ring (bicyclic) bond motifs is 1. The molecule has 0 aliphatic carbocycles. The van der Waals surface area contributed by atoms with Gasteiger partial charge in [-0.25, -0.2) is 4.57 Å². The summed E-state index contributed by atoms with van der Waals surface area (Å²) in [7, 11) is 0. The summed E-state index contributed by atoms with van der Waals surface area (Å²) in [4.78, 5) is 0. The normalized spacial score (nSPS) is 11.1. The van der Waals surface area contributed by atoms with E-state index >= 15 is 0 Å². The molecule has 0 radical (unpaired) electrons. The molecule has 2 rings (SSSR count). The maximum atomic E-state index is 6.06. The molecule has 0 atom stereocenters. The van der Waals surface area contributed by atoms with Crippen molar-refractivity contribution in [2.24, 2.45) is 0 Å². The summed E-state index contributed by atoms with van der Waals surface area (Å²) in [5.41, 5.74) is 8.71. The predicted molar refractivity (Wildman–Crippen MR) is 74.2 cm³/mol. The molecule has 2 N–H and O–H groups in total. The van der Waals surface area contributed by atoms with Crippen molar-refractivity contribution < 1.29 is 4.57 Å². The first-order chi connectivity index (χ1) is 7.76. The van der Waals surface area contributed by atoms with Gasteiger partial charge >= 0.3 is 5.13 Å². The Balaban J connectivity index is 2.45. The van der Waals surface area contributed by atoms with Crippen LogP contribution in [0.15, 0.2) is 18.2 Å². The molecule has 0 saturated carbocycles. The van der Waals surface area contributed by atoms with Crippen LogP contribution >= 0.6 is 23.1 Å². The number of nitrogens with two attached hydrogens (primary N) is 1. The van der Waals surface area contributed by atoms with Crippen LogP contribution in [0.4, 0.5) is 5.13 Å². The topological polar surface area (TPSA) is 29.9 Å². The highest BCUT2D eigenvalue weighted by molar-refractivity contribution is 7.98. The number of aromatic nitrogens is 1. The highest BCUT2D eigenvalue weighted by Gasteiger charge is 2.14. The molecule has 0 unspecified atom stereocenters. The van der Waals surface area contributed by atoms with Gasteiger partial charge in [-0.15, -0.1) is 0 Å². The molecule has 2 nitrogen and oxygen atoms in total. The van der Waals surface area contributed by atoms with Crippen LogP contribution in [0.2, 0.25) is 0 Å². The summed E-state index contributed by atoms with van der Waals surface area (Å²) in [6, 6.07) is 6.65. The second-order valence-corrected chi connectivity index (χ2v) is 5.79. The van der Waals surface area contributed by atoms with Gasteiger partial charge in [0, 0.05) is 5.75 Å². The lowest BCUT2D eigenvalue weighted by Gasteiger charge is -1.99. The fraction of sp³-hybridized carbons (Fsp3) is 0.417. The summed E-state index contributed by atoms with van der Waals surface area (Å²) in [6.07, 6.45) is 3.21. The number of nitrogen functional groups attached to an aromatic ring is 1. The first kappa shape index (κ1) is 11.7. The Morgan fingerprint density at radius 3 is 2.94 bits per heavy atom. The van der Waals surface area contributed by atoms with Gasteiger partial charge in [0.05, 0.1) is 4.70 Å². The summed E-state index contributed by atoms with van der Waals surface area (Å²) in [5, 5.41) is 0.914. The van der Waals surface area contributed by atoms with E-state index in [1.54, 1.807) is 11.3 Å². The zero-order valence-corrected chi connectivity index (χ0v) is 11.3. The molecule has 1 heterocycles. The van der Waals surface area contributed by atoms with Gasteiger partial charge in [0.2, 0.25) is 0 Å². The zero-order valence-electron chi connectivity index (χ0n) is 9.69. The number of aryl methyl sites for hydroxylation is 2. The zero-order chi connectivity index (χ0) is 11.5. The summed E-state index contributed by atoms with van der Waals surface area (Å²) in [5.74, 6) is 1.11. The van der Waals surface area contributed by atoms with Crippen LogP contribution in [0.3, 0.4) is 0 Å². The lowest BCUT2D eigenvalue weighted by molar-refractivity contribution is -0.648. The number of benzene rings is 1. The number of nitrogens with zero attached hydrogens (tertiary/aromatic N) is 1. The third kappa shape index (κ3) is 2.18. The molecule has 1 aromatic carbocycles. The first-order valence-corrected chi connectivity index (χ1v) is 7.67. The number of hydrogen-bond acceptors (Lipinski definition) is 3. The van der Waals surface area contributed by atoms with Crippen LogP contribution in [-0.4, -0.2) is 12.0 Å². The molecule has 0 amide bonds. The van der Waals surface area contributed by atoms with E-state index in [2.05, 4.69) is 35.9 Å². The number of anilines is 1. The summed E-state index contributed by atoms with van der Waals surface area (Å²) in [6.45, 7) is 3.18. The van der Waals surface area contributed by atoms with Crippen molar-refractivity contribution in [2.75, 3.05) is 17.7 Å². The molecule has 0 fully saturated rings. The van der Waals surface area contributed by atoms with Gasteiger partial charge in [0.25, 0.3) is 0 Å². The maximum Gasteiger partial charge on any atom is 0.332 e. The number of hydrogen-bond donors (Lipinski definition) is 1. The van der Waals surface area contributed by atoms with Gasteiger partial charge in [-0.2, -0.15) is 11.8 Å². The standard InChI is InChI=1S/C12H16N2S2/c1-3-9-4-5-10-11(8-9)16-12(13)14(10)6-7-15-2/h4-5,8,13H,3,6-7H2,1-2H3/p+1. The van der Waals surface area contributed by atoms with Crippen molar-refractivity contribution in [1.82, 2.24) is 0 Å². The van der Waals surface area contributed by atoms with Crippen LogP contribution in [0.5, 0.6) is 0 Å². The molecule has 0 saturated heterocycles. The van der Waals surface area contributed by atoms with Gasteiger partial charge in [-0.3, -0.25) is 5.73 Å². The molecule has 0 aliphatic rings. The van der Waals surface area contributed by atoms with E-state index in [9.17, 15) is 0 Å². The predicted octanol–water partition coefficient (Wildman–Crippen LogP) is 2.70. The molecule has 2 aromatic rings. The number of thiazole rings is 1. The third-order valence-corrected chi connectivity index (χ3v) is 4.29. The molecule has 0 spiro atoms. The third-order valence-electron chi connectivity index (χ3n) is 2.72. The molecule has 1 aromatic heterocycles. The van der Waals surface area contributed by atoms with E-state index in [4.69, 9.17) is 5.73 Å². The molecule has 0 bridgehead atoms. The van der Waals surface area contributed by atoms with E-state index < -0.39 is 0 Å². The van der Waals surface area contributed by atoms with Gasteiger partial charge in [0.1, 0.15) is 12.1 Å². The lowest BCUT2D eigenvalue weighted by atomic mass is 10.2. The van der Waals surface area contributed by atoms with Crippen LogP contribution in [0.1, 0.15) is 12.5 Å². The molecule has 16 heavy (non-hydrogen) atoms. The quantitative estimate of drug-likeness (QED) is 0.849. The minimum atomic E-state index is 0.914. The van der Waals surface area contributed by atoms with Gasteiger partial charge in [-0.05, 0) is 41.7 Å². The number of rotatable bonds is 4. The first-order valence-electron chi connectivity index (χ1n) is 5.46. The van der Waals surface area contributed by atoms with E-state index in [-0.39, 0.29) is 0 Å². The fourth-order valence-corrected chi connectivity index (χ4v) is 3.17. The summed E-state index contributed by atoms with van der Waals surface area (Å²) >= 11 is 3.54. The second-order valence-electron chi connectivity index (χ2n) is 3.74. The van der Waals surface area contributed by atoms with E-state index in [1.807, 2.05) is 11.8 Å². The van der Waals surface area contributed by atoms with E-state index in [0.29, 0.717) is 0 Å². The maximum absolute atomic E-state index is 6.06. The molecular weight excluding hydrogens is 236 g/mol. The summed E-state index contributed by atoms with van der Waals surface area (Å²) < 4.78 is 3.52. The second kappa shape index (κ2) is 5.06. The molecule has 0 aliphatic heterocycles. The van der Waals surface area contributed by atoms with Crippen LogP contribution in [0, 0.1) is 0 Å². The molecule has 4 heteroatoms. The highest BCUT2D eigenvalue weighted by atomic mass is 32.2. The van der Waals surface area contributed by atoms with Crippen molar-refractivity contribution in [3.63, 3.8) is 0 Å². The highest BCUT2D eigenvalue weighted by Crippen LogP contribution is 2.23. The molecular formula is C12H17N2S2+. The fourth-order valence-electron chi connectivity index (χ4n) is 1.78. The van der Waals surface area contributed by atoms with Crippen molar-refractivity contribution in [3.05, 3.63) is 23.8 Å². The largest absolute Gasteiger partial charge is 0.332 e. The van der Waals surface area contributed by atoms with Crippen LogP contribution < -0.4 is 10.3 Å². The van der Waals surface area contributed by atoms with Crippen LogP contribution in [-0.2, 0) is 13.0 Å². The van der Waals surface area contributed by atoms with E-state index in [0.717, 1.165) is 23.8 Å². The van der Waals surface area contributed by atoms with Gasteiger partial charge in [-0.1, -0.05) is 13.0 Å². The average Bonchev–Trinajstić information content (AvgIpc) is 2.61. The Hall–Kier alpha value is -0.740. The smallest absolute Gasteiger partial charge is 0.278 e. The lowest BCUT2D eigenvalue weighted by Crippen LogP contribution is -2.36. The van der Waals surface area contributed by atoms with E-state index in [1.165, 1.54) is 15.8 Å².